The molecule has 0 saturated carbocycles. The highest BCUT2D eigenvalue weighted by Crippen LogP contribution is 2.26. The predicted molar refractivity (Wildman–Crippen MR) is 103 cm³/mol. The van der Waals surface area contributed by atoms with Crippen molar-refractivity contribution in [3.05, 3.63) is 22.8 Å². The molecule has 0 unspecified atom stereocenters. The summed E-state index contributed by atoms with van der Waals surface area (Å²) in [5.74, 6) is 0.0903. The molecule has 142 valence electrons. The van der Waals surface area contributed by atoms with Gasteiger partial charge in [-0.15, -0.1) is 10.2 Å². The predicted octanol–water partition coefficient (Wildman–Crippen LogP) is 1.54. The average Bonchev–Trinajstić information content (AvgIpc) is 3.27. The van der Waals surface area contributed by atoms with Gasteiger partial charge in [0.25, 0.3) is 6.01 Å². The number of nitrogens with one attached hydrogen (secondary N) is 1. The Balaban J connectivity index is 1.28. The van der Waals surface area contributed by atoms with Gasteiger partial charge in [0.15, 0.2) is 5.58 Å². The van der Waals surface area contributed by atoms with Gasteiger partial charge in [0.1, 0.15) is 5.01 Å². The van der Waals surface area contributed by atoms with E-state index in [1.54, 1.807) is 0 Å². The van der Waals surface area contributed by atoms with Crippen LogP contribution in [-0.2, 0) is 11.2 Å². The molecule has 1 amide bonds. The highest BCUT2D eigenvalue weighted by atomic mass is 32.1. The molecule has 4 rings (SSSR count). The number of fused-ring (bicyclic) bond motifs is 1. The maximum absolute atomic E-state index is 12.4. The lowest BCUT2D eigenvalue weighted by Crippen LogP contribution is -2.41. The number of aromatic nitrogens is 4. The molecule has 9 nitrogen and oxygen atoms in total. The van der Waals surface area contributed by atoms with E-state index in [4.69, 9.17) is 10.2 Å². The zero-order valence-electron chi connectivity index (χ0n) is 15.0. The van der Waals surface area contributed by atoms with E-state index in [-0.39, 0.29) is 11.8 Å². The third-order valence-corrected chi connectivity index (χ3v) is 5.45. The molecular weight excluding hydrogens is 366 g/mol. The van der Waals surface area contributed by atoms with Gasteiger partial charge in [-0.3, -0.25) is 4.79 Å². The number of pyridine rings is 1. The molecular formula is C17H21N7O2S. The van der Waals surface area contributed by atoms with Crippen molar-refractivity contribution in [2.24, 2.45) is 5.92 Å². The Kier molecular flexibility index (Phi) is 4.88. The summed E-state index contributed by atoms with van der Waals surface area (Å²) >= 11 is 1.35. The molecule has 1 saturated heterocycles. The fourth-order valence-corrected chi connectivity index (χ4v) is 3.78. The molecule has 0 spiro atoms. The molecule has 3 aromatic heterocycles. The van der Waals surface area contributed by atoms with Gasteiger partial charge in [-0.05, 0) is 31.9 Å². The van der Waals surface area contributed by atoms with E-state index in [2.05, 4.69) is 30.4 Å². The Bertz CT molecular complexity index is 946. The normalized spacial score (nSPS) is 15.4. The Hall–Kier alpha value is -2.75. The molecule has 1 aliphatic rings. The summed E-state index contributed by atoms with van der Waals surface area (Å²) in [7, 11) is 0. The number of oxazole rings is 1. The number of nitrogen functional groups attached to an aromatic ring is 1. The second-order valence-electron chi connectivity index (χ2n) is 6.61. The van der Waals surface area contributed by atoms with Gasteiger partial charge >= 0.3 is 0 Å². The molecule has 0 bridgehead atoms. The third-order valence-electron chi connectivity index (χ3n) is 4.64. The lowest BCUT2D eigenvalue weighted by atomic mass is 9.96. The van der Waals surface area contributed by atoms with Gasteiger partial charge in [0.2, 0.25) is 16.7 Å². The van der Waals surface area contributed by atoms with Crippen molar-refractivity contribution in [2.45, 2.75) is 26.2 Å². The van der Waals surface area contributed by atoms with Crippen molar-refractivity contribution in [1.29, 1.82) is 0 Å². The maximum Gasteiger partial charge on any atom is 0.299 e. The van der Waals surface area contributed by atoms with Crippen LogP contribution < -0.4 is 16.0 Å². The number of carbonyl (C=O) groups excluding carboxylic acids is 1. The SMILES string of the molecule is Cc1ccc2oc(N3CCC(C(=O)NCCc4nnc(N)s4)CC3)nc2n1. The van der Waals surface area contributed by atoms with Crippen LogP contribution >= 0.6 is 11.3 Å². The van der Waals surface area contributed by atoms with Crippen LogP contribution in [0.3, 0.4) is 0 Å². The van der Waals surface area contributed by atoms with Crippen LogP contribution in [0.2, 0.25) is 0 Å². The first-order valence-electron chi connectivity index (χ1n) is 8.93. The summed E-state index contributed by atoms with van der Waals surface area (Å²) in [4.78, 5) is 23.3. The molecule has 10 heteroatoms. The minimum Gasteiger partial charge on any atom is -0.422 e. The van der Waals surface area contributed by atoms with Gasteiger partial charge < -0.3 is 20.4 Å². The second kappa shape index (κ2) is 7.47. The second-order valence-corrected chi connectivity index (χ2v) is 7.70. The molecule has 3 aromatic rings. The topological polar surface area (TPSA) is 123 Å². The number of nitrogens with zero attached hydrogens (tertiary/aromatic N) is 5. The first kappa shape index (κ1) is 17.7. The summed E-state index contributed by atoms with van der Waals surface area (Å²) in [5, 5.41) is 12.0. The average molecular weight is 387 g/mol. The van der Waals surface area contributed by atoms with Crippen LogP contribution in [-0.4, -0.2) is 45.7 Å². The largest absolute Gasteiger partial charge is 0.422 e. The van der Waals surface area contributed by atoms with Gasteiger partial charge in [-0.1, -0.05) is 11.3 Å². The molecule has 4 heterocycles. The fourth-order valence-electron chi connectivity index (χ4n) is 3.17. The van der Waals surface area contributed by atoms with E-state index >= 15 is 0 Å². The van der Waals surface area contributed by atoms with Crippen molar-refractivity contribution in [1.82, 2.24) is 25.5 Å². The minimum atomic E-state index is 0.00508. The molecule has 1 aliphatic heterocycles. The summed E-state index contributed by atoms with van der Waals surface area (Å²) in [6, 6.07) is 4.38. The number of rotatable bonds is 5. The lowest BCUT2D eigenvalue weighted by molar-refractivity contribution is -0.125. The number of anilines is 2. The zero-order valence-corrected chi connectivity index (χ0v) is 15.8. The number of carbonyl (C=O) groups is 1. The lowest BCUT2D eigenvalue weighted by Gasteiger charge is -2.30. The van der Waals surface area contributed by atoms with Crippen molar-refractivity contribution in [2.75, 3.05) is 30.3 Å². The number of amides is 1. The van der Waals surface area contributed by atoms with E-state index < -0.39 is 0 Å². The molecule has 0 radical (unpaired) electrons. The zero-order chi connectivity index (χ0) is 18.8. The third kappa shape index (κ3) is 4.00. The van der Waals surface area contributed by atoms with Crippen LogP contribution in [0.25, 0.3) is 11.2 Å². The van der Waals surface area contributed by atoms with Crippen LogP contribution in [0, 0.1) is 12.8 Å². The van der Waals surface area contributed by atoms with E-state index in [1.807, 2.05) is 19.1 Å². The maximum atomic E-state index is 12.4. The number of hydrogen-bond acceptors (Lipinski definition) is 9. The van der Waals surface area contributed by atoms with E-state index in [9.17, 15) is 4.79 Å². The molecule has 0 aromatic carbocycles. The first-order chi connectivity index (χ1) is 13.1. The number of nitrogens with two attached hydrogens (primary N) is 1. The van der Waals surface area contributed by atoms with Gasteiger partial charge in [0.05, 0.1) is 0 Å². The van der Waals surface area contributed by atoms with Gasteiger partial charge in [-0.25, -0.2) is 4.98 Å². The first-order valence-corrected chi connectivity index (χ1v) is 9.75. The smallest absolute Gasteiger partial charge is 0.299 e. The van der Waals surface area contributed by atoms with E-state index in [1.165, 1.54) is 11.3 Å². The molecule has 3 N–H and O–H groups in total. The Morgan fingerprint density at radius 2 is 2.15 bits per heavy atom. The van der Waals surface area contributed by atoms with Crippen LogP contribution in [0.1, 0.15) is 23.5 Å². The highest BCUT2D eigenvalue weighted by molar-refractivity contribution is 7.15. The summed E-state index contributed by atoms with van der Waals surface area (Å²) in [6.45, 7) is 3.94. The summed E-state index contributed by atoms with van der Waals surface area (Å²) in [5.41, 5.74) is 7.78. The molecule has 1 fully saturated rings. The standard InChI is InChI=1S/C17H21N7O2S/c1-10-2-3-12-14(20-10)21-17(26-12)24-8-5-11(6-9-24)15(25)19-7-4-13-22-23-16(18)27-13/h2-3,11H,4-9H2,1H3,(H2,18,23)(H,19,25). The monoisotopic (exact) mass is 387 g/mol. The minimum absolute atomic E-state index is 0.00508. The van der Waals surface area contributed by atoms with Crippen LogP contribution in [0.5, 0.6) is 0 Å². The highest BCUT2D eigenvalue weighted by Gasteiger charge is 2.27. The van der Waals surface area contributed by atoms with Crippen molar-refractivity contribution >= 4 is 39.6 Å². The van der Waals surface area contributed by atoms with Crippen molar-refractivity contribution < 1.29 is 9.21 Å². The Labute approximate surface area is 160 Å². The molecule has 27 heavy (non-hydrogen) atoms. The van der Waals surface area contributed by atoms with Crippen LogP contribution in [0.4, 0.5) is 11.1 Å². The summed E-state index contributed by atoms with van der Waals surface area (Å²) in [6.07, 6.45) is 2.18. The van der Waals surface area contributed by atoms with Crippen molar-refractivity contribution in [3.63, 3.8) is 0 Å². The van der Waals surface area contributed by atoms with Crippen LogP contribution in [0.15, 0.2) is 16.5 Å². The Morgan fingerprint density at radius 3 is 2.89 bits per heavy atom. The quantitative estimate of drug-likeness (QED) is 0.676. The Morgan fingerprint density at radius 1 is 1.33 bits per heavy atom. The van der Waals surface area contributed by atoms with Gasteiger partial charge in [-0.2, -0.15) is 4.98 Å². The summed E-state index contributed by atoms with van der Waals surface area (Å²) < 4.78 is 5.80. The number of hydrogen-bond donors (Lipinski definition) is 2. The van der Waals surface area contributed by atoms with Crippen molar-refractivity contribution in [3.8, 4) is 0 Å². The molecule has 0 aliphatic carbocycles. The number of aryl methyl sites for hydroxylation is 1. The van der Waals surface area contributed by atoms with E-state index in [0.717, 1.165) is 36.6 Å². The molecule has 0 atom stereocenters. The fraction of sp³-hybridized carbons (Fsp3) is 0.471. The number of piperidine rings is 1. The van der Waals surface area contributed by atoms with Gasteiger partial charge in [0, 0.05) is 37.7 Å². The van der Waals surface area contributed by atoms with E-state index in [0.29, 0.717) is 35.3 Å².